The normalized spacial score (nSPS) is 31.9. The van der Waals surface area contributed by atoms with Gasteiger partial charge >= 0.3 is 0 Å². The molecule has 0 spiro atoms. The number of hydrogen-bond acceptors (Lipinski definition) is 2. The van der Waals surface area contributed by atoms with Crippen LogP contribution in [0, 0.1) is 17.3 Å². The zero-order valence-electron chi connectivity index (χ0n) is 11.6. The van der Waals surface area contributed by atoms with Crippen molar-refractivity contribution in [3.63, 3.8) is 0 Å². The Morgan fingerprint density at radius 2 is 2.15 bits per heavy atom. The predicted molar refractivity (Wildman–Crippen MR) is 80.7 cm³/mol. The van der Waals surface area contributed by atoms with Crippen molar-refractivity contribution in [2.24, 2.45) is 22.4 Å². The van der Waals surface area contributed by atoms with Gasteiger partial charge in [0.15, 0.2) is 0 Å². The van der Waals surface area contributed by atoms with Gasteiger partial charge in [-0.15, -0.1) is 0 Å². The highest BCUT2D eigenvalue weighted by atomic mass is 35.5. The molecule has 0 aromatic heterocycles. The number of carbonyl (C=O) groups is 1. The third-order valence-corrected chi connectivity index (χ3v) is 5.12. The molecule has 4 heteroatoms. The van der Waals surface area contributed by atoms with Crippen molar-refractivity contribution in [3.05, 3.63) is 34.9 Å². The molecule has 0 aliphatic heterocycles. The molecule has 0 heterocycles. The number of fused-ring (bicyclic) bond motifs is 1. The second-order valence-corrected chi connectivity index (χ2v) is 6.56. The zero-order chi connectivity index (χ0) is 14.2. The van der Waals surface area contributed by atoms with Crippen molar-refractivity contribution in [1.82, 2.24) is 5.43 Å². The molecule has 1 N–H and O–H groups in total. The van der Waals surface area contributed by atoms with Gasteiger partial charge in [-0.25, -0.2) is 5.43 Å². The van der Waals surface area contributed by atoms with Gasteiger partial charge in [0, 0.05) is 10.9 Å². The summed E-state index contributed by atoms with van der Waals surface area (Å²) >= 11 is 5.82. The quantitative estimate of drug-likeness (QED) is 0.670. The average molecular weight is 291 g/mol. The summed E-state index contributed by atoms with van der Waals surface area (Å²) in [5.74, 6) is 0.805. The summed E-state index contributed by atoms with van der Waals surface area (Å²) in [5.41, 5.74) is 3.85. The molecule has 3 nitrogen and oxygen atoms in total. The number of hydrazone groups is 1. The molecule has 3 rings (SSSR count). The Balaban J connectivity index is 1.56. The Bertz CT molecular complexity index is 540. The number of halogens is 1. The van der Waals surface area contributed by atoms with E-state index in [4.69, 9.17) is 11.6 Å². The summed E-state index contributed by atoms with van der Waals surface area (Å²) in [4.78, 5) is 12.2. The van der Waals surface area contributed by atoms with E-state index in [1.54, 1.807) is 18.3 Å². The smallest absolute Gasteiger partial charge is 0.244 e. The van der Waals surface area contributed by atoms with Crippen molar-refractivity contribution >= 4 is 23.7 Å². The average Bonchev–Trinajstić information content (AvgIpc) is 3.06. The van der Waals surface area contributed by atoms with Crippen molar-refractivity contribution in [2.75, 3.05) is 0 Å². The molecule has 3 unspecified atom stereocenters. The van der Waals surface area contributed by atoms with Crippen molar-refractivity contribution < 1.29 is 4.79 Å². The molecule has 0 saturated heterocycles. The Labute approximate surface area is 124 Å². The van der Waals surface area contributed by atoms with Crippen LogP contribution in [0.1, 0.15) is 38.2 Å². The Kier molecular flexibility index (Phi) is 3.55. The van der Waals surface area contributed by atoms with Crippen molar-refractivity contribution in [1.29, 1.82) is 0 Å². The lowest BCUT2D eigenvalue weighted by atomic mass is 9.90. The number of nitrogens with one attached hydrogen (secondary N) is 1. The molecule has 2 aliphatic carbocycles. The van der Waals surface area contributed by atoms with Gasteiger partial charge < -0.3 is 0 Å². The monoisotopic (exact) mass is 290 g/mol. The maximum Gasteiger partial charge on any atom is 0.244 e. The lowest BCUT2D eigenvalue weighted by Crippen LogP contribution is -2.22. The zero-order valence-corrected chi connectivity index (χ0v) is 12.4. The van der Waals surface area contributed by atoms with E-state index in [0.717, 1.165) is 5.56 Å². The molecule has 1 amide bonds. The Morgan fingerprint density at radius 3 is 2.80 bits per heavy atom. The van der Waals surface area contributed by atoms with Crippen LogP contribution in [0.4, 0.5) is 0 Å². The molecule has 0 radical (unpaired) electrons. The van der Waals surface area contributed by atoms with Crippen LogP contribution in [0.15, 0.2) is 29.4 Å². The highest BCUT2D eigenvalue weighted by Crippen LogP contribution is 2.66. The number of amides is 1. The van der Waals surface area contributed by atoms with Crippen LogP contribution in [0.25, 0.3) is 0 Å². The number of carbonyl (C=O) groups excluding carboxylic acids is 1. The molecule has 0 bridgehead atoms. The first-order valence-corrected chi connectivity index (χ1v) is 7.57. The standard InChI is InChI=1S/C16H19ClN2O/c1-16-9-3-2-4-13(16)14(16)15(20)19-18-10-11-5-7-12(17)8-6-11/h5-8,10,13-14H,2-4,9H2,1H3,(H,19,20). The van der Waals surface area contributed by atoms with E-state index in [1.165, 1.54) is 25.7 Å². The van der Waals surface area contributed by atoms with Crippen LogP contribution in [-0.4, -0.2) is 12.1 Å². The van der Waals surface area contributed by atoms with E-state index in [-0.39, 0.29) is 17.2 Å². The number of benzene rings is 1. The highest BCUT2D eigenvalue weighted by Gasteiger charge is 2.64. The van der Waals surface area contributed by atoms with Crippen LogP contribution in [0.3, 0.4) is 0 Å². The summed E-state index contributed by atoms with van der Waals surface area (Å²) in [7, 11) is 0. The molecule has 3 atom stereocenters. The van der Waals surface area contributed by atoms with E-state index in [2.05, 4.69) is 17.5 Å². The maximum atomic E-state index is 12.2. The fraction of sp³-hybridized carbons (Fsp3) is 0.500. The molecule has 106 valence electrons. The molecule has 1 aromatic carbocycles. The highest BCUT2D eigenvalue weighted by molar-refractivity contribution is 6.30. The first-order chi connectivity index (χ1) is 9.61. The molecule has 2 aliphatic rings. The van der Waals surface area contributed by atoms with Gasteiger partial charge in [-0.1, -0.05) is 43.5 Å². The minimum Gasteiger partial charge on any atom is -0.273 e. The van der Waals surface area contributed by atoms with Gasteiger partial charge in [0.1, 0.15) is 0 Å². The molecular weight excluding hydrogens is 272 g/mol. The van der Waals surface area contributed by atoms with Gasteiger partial charge in [0.25, 0.3) is 0 Å². The summed E-state index contributed by atoms with van der Waals surface area (Å²) < 4.78 is 0. The van der Waals surface area contributed by atoms with E-state index < -0.39 is 0 Å². The second-order valence-electron chi connectivity index (χ2n) is 6.12. The molecule has 2 fully saturated rings. The van der Waals surface area contributed by atoms with Gasteiger partial charge in [-0.05, 0) is 41.9 Å². The maximum absolute atomic E-state index is 12.2. The van der Waals surface area contributed by atoms with E-state index in [1.807, 2.05) is 12.1 Å². The minimum atomic E-state index is 0.0737. The van der Waals surface area contributed by atoms with Crippen LogP contribution in [0.5, 0.6) is 0 Å². The first-order valence-electron chi connectivity index (χ1n) is 7.20. The minimum absolute atomic E-state index is 0.0737. The summed E-state index contributed by atoms with van der Waals surface area (Å²) in [6.45, 7) is 2.24. The third kappa shape index (κ3) is 2.47. The van der Waals surface area contributed by atoms with Gasteiger partial charge in [-0.2, -0.15) is 5.10 Å². The topological polar surface area (TPSA) is 41.5 Å². The SMILES string of the molecule is CC12CCCCC1C2C(=O)NN=Cc1ccc(Cl)cc1. The van der Waals surface area contributed by atoms with E-state index in [0.29, 0.717) is 10.9 Å². The van der Waals surface area contributed by atoms with Gasteiger partial charge in [-0.3, -0.25) is 4.79 Å². The van der Waals surface area contributed by atoms with Crippen LogP contribution >= 0.6 is 11.6 Å². The molecule has 2 saturated carbocycles. The first kappa shape index (κ1) is 13.6. The van der Waals surface area contributed by atoms with Crippen LogP contribution < -0.4 is 5.43 Å². The fourth-order valence-electron chi connectivity index (χ4n) is 3.64. The lowest BCUT2D eigenvalue weighted by Gasteiger charge is -2.15. The van der Waals surface area contributed by atoms with Gasteiger partial charge in [0.2, 0.25) is 5.91 Å². The number of hydrogen-bond donors (Lipinski definition) is 1. The molecule has 20 heavy (non-hydrogen) atoms. The second kappa shape index (κ2) is 5.21. The Morgan fingerprint density at radius 1 is 1.40 bits per heavy atom. The summed E-state index contributed by atoms with van der Waals surface area (Å²) in [5, 5.41) is 4.75. The molecule has 1 aromatic rings. The van der Waals surface area contributed by atoms with E-state index in [9.17, 15) is 4.79 Å². The summed E-state index contributed by atoms with van der Waals surface area (Å²) in [6, 6.07) is 7.36. The number of nitrogens with zero attached hydrogens (tertiary/aromatic N) is 1. The van der Waals surface area contributed by atoms with Crippen molar-refractivity contribution in [3.8, 4) is 0 Å². The molecular formula is C16H19ClN2O. The predicted octanol–water partition coefficient (Wildman–Crippen LogP) is 3.62. The number of rotatable bonds is 3. The Hall–Kier alpha value is -1.35. The van der Waals surface area contributed by atoms with Crippen LogP contribution in [-0.2, 0) is 4.79 Å². The third-order valence-electron chi connectivity index (χ3n) is 4.87. The van der Waals surface area contributed by atoms with E-state index >= 15 is 0 Å². The van der Waals surface area contributed by atoms with Crippen molar-refractivity contribution in [2.45, 2.75) is 32.6 Å². The lowest BCUT2D eigenvalue weighted by molar-refractivity contribution is -0.123. The van der Waals surface area contributed by atoms with Gasteiger partial charge in [0.05, 0.1) is 6.21 Å². The largest absolute Gasteiger partial charge is 0.273 e. The fourth-order valence-corrected chi connectivity index (χ4v) is 3.77. The summed E-state index contributed by atoms with van der Waals surface area (Å²) in [6.07, 6.45) is 6.54. The van der Waals surface area contributed by atoms with Crippen LogP contribution in [0.2, 0.25) is 5.02 Å².